The molecule has 1 atom stereocenters. The van der Waals surface area contributed by atoms with E-state index in [1.54, 1.807) is 0 Å². The van der Waals surface area contributed by atoms with Crippen molar-refractivity contribution in [3.8, 4) is 0 Å². The highest BCUT2D eigenvalue weighted by atomic mass is 15.4. The van der Waals surface area contributed by atoms with Crippen LogP contribution in [0.1, 0.15) is 38.5 Å². The average Bonchev–Trinajstić information content (AvgIpc) is 2.68. The molecule has 0 saturated heterocycles. The first-order valence-electron chi connectivity index (χ1n) is 8.07. The van der Waals surface area contributed by atoms with Crippen molar-refractivity contribution >= 4 is 0 Å². The number of fused-ring (bicyclic) bond motifs is 1. The summed E-state index contributed by atoms with van der Waals surface area (Å²) in [6, 6.07) is 0. The van der Waals surface area contributed by atoms with Crippen molar-refractivity contribution in [2.75, 3.05) is 0 Å². The Labute approximate surface area is 120 Å². The zero-order chi connectivity index (χ0) is 13.2. The lowest BCUT2D eigenvalue weighted by atomic mass is 9.48. The van der Waals surface area contributed by atoms with Gasteiger partial charge in [0, 0.05) is 11.6 Å². The third-order valence-corrected chi connectivity index (χ3v) is 6.15. The zero-order valence-corrected chi connectivity index (χ0v) is 11.8. The van der Waals surface area contributed by atoms with Crippen LogP contribution in [0.15, 0.2) is 46.6 Å². The highest BCUT2D eigenvalue weighted by Gasteiger charge is 2.56. The van der Waals surface area contributed by atoms with E-state index in [2.05, 4.69) is 40.5 Å². The Kier molecular flexibility index (Phi) is 2.17. The summed E-state index contributed by atoms with van der Waals surface area (Å²) in [5.74, 6) is 3.94. The summed E-state index contributed by atoms with van der Waals surface area (Å²) in [5, 5.41) is 9.18. The SMILES string of the molecule is C1=CC=C2N=NC(C34CC5CC(CC(C5)C3)C4)N2C=C1. The topological polar surface area (TPSA) is 28.0 Å². The first kappa shape index (κ1) is 11.3. The summed E-state index contributed by atoms with van der Waals surface area (Å²) in [6.07, 6.45) is 19.4. The maximum atomic E-state index is 4.71. The van der Waals surface area contributed by atoms with Crippen molar-refractivity contribution < 1.29 is 0 Å². The van der Waals surface area contributed by atoms with Gasteiger partial charge >= 0.3 is 0 Å². The van der Waals surface area contributed by atoms with Gasteiger partial charge in [-0.25, -0.2) is 0 Å². The Morgan fingerprint density at radius 2 is 1.65 bits per heavy atom. The maximum Gasteiger partial charge on any atom is 0.156 e. The molecule has 0 amide bonds. The van der Waals surface area contributed by atoms with Crippen LogP contribution in [0.25, 0.3) is 0 Å². The van der Waals surface area contributed by atoms with E-state index in [0.29, 0.717) is 5.41 Å². The number of hydrogen-bond acceptors (Lipinski definition) is 3. The molecule has 0 radical (unpaired) electrons. The van der Waals surface area contributed by atoms with E-state index >= 15 is 0 Å². The van der Waals surface area contributed by atoms with Gasteiger partial charge in [0.2, 0.25) is 0 Å². The molecule has 0 spiro atoms. The van der Waals surface area contributed by atoms with Crippen LogP contribution in [-0.4, -0.2) is 11.1 Å². The molecule has 104 valence electrons. The zero-order valence-electron chi connectivity index (χ0n) is 11.8. The largest absolute Gasteiger partial charge is 0.306 e. The number of hydrogen-bond donors (Lipinski definition) is 0. The quantitative estimate of drug-likeness (QED) is 0.699. The first-order valence-corrected chi connectivity index (χ1v) is 8.07. The van der Waals surface area contributed by atoms with Gasteiger partial charge < -0.3 is 4.90 Å². The molecule has 3 heteroatoms. The molecule has 0 aromatic carbocycles. The minimum absolute atomic E-state index is 0.262. The summed E-state index contributed by atoms with van der Waals surface area (Å²) in [4.78, 5) is 2.33. The fourth-order valence-electron chi connectivity index (χ4n) is 5.88. The second kappa shape index (κ2) is 3.84. The van der Waals surface area contributed by atoms with Gasteiger partial charge in [0.25, 0.3) is 0 Å². The molecule has 0 aromatic heterocycles. The first-order chi connectivity index (χ1) is 9.82. The molecule has 0 aromatic rings. The Morgan fingerprint density at radius 3 is 2.35 bits per heavy atom. The average molecular weight is 267 g/mol. The van der Waals surface area contributed by atoms with E-state index in [0.717, 1.165) is 23.6 Å². The third kappa shape index (κ3) is 1.46. The predicted octanol–water partition coefficient (Wildman–Crippen LogP) is 4.22. The van der Waals surface area contributed by atoms with Crippen molar-refractivity contribution in [3.05, 3.63) is 36.3 Å². The molecule has 20 heavy (non-hydrogen) atoms. The molecule has 4 bridgehead atoms. The highest BCUT2D eigenvalue weighted by Crippen LogP contribution is 2.63. The molecular formula is C17H21N3. The van der Waals surface area contributed by atoms with Gasteiger partial charge in [-0.15, -0.1) is 5.11 Å². The number of allylic oxidation sites excluding steroid dienone is 4. The van der Waals surface area contributed by atoms with Crippen molar-refractivity contribution in [3.63, 3.8) is 0 Å². The van der Waals surface area contributed by atoms with E-state index < -0.39 is 0 Å². The molecule has 2 aliphatic heterocycles. The molecule has 4 fully saturated rings. The number of azo groups is 1. The van der Waals surface area contributed by atoms with Crippen LogP contribution in [0.2, 0.25) is 0 Å². The summed E-state index contributed by atoms with van der Waals surface area (Å²) in [5.41, 5.74) is 0.405. The van der Waals surface area contributed by atoms with E-state index in [1.165, 1.54) is 38.5 Å². The molecule has 6 rings (SSSR count). The number of nitrogens with zero attached hydrogens (tertiary/aromatic N) is 3. The van der Waals surface area contributed by atoms with Crippen LogP contribution < -0.4 is 0 Å². The molecule has 4 saturated carbocycles. The Balaban J connectivity index is 1.53. The van der Waals surface area contributed by atoms with Gasteiger partial charge in [0.15, 0.2) is 12.0 Å². The van der Waals surface area contributed by atoms with Crippen LogP contribution in [-0.2, 0) is 0 Å². The summed E-state index contributed by atoms with van der Waals surface area (Å²) in [6.45, 7) is 0. The van der Waals surface area contributed by atoms with Gasteiger partial charge in [0.1, 0.15) is 0 Å². The highest BCUT2D eigenvalue weighted by molar-refractivity contribution is 5.25. The lowest BCUT2D eigenvalue weighted by molar-refractivity contribution is -0.0841. The standard InChI is InChI=1S/C17H21N3/c1-2-4-15-18-19-16(20(15)5-3-1)17-9-12-6-13(10-17)8-14(7-12)11-17/h1-5,12-14,16H,6-11H2. The minimum atomic E-state index is 0.262. The van der Waals surface area contributed by atoms with Crippen molar-refractivity contribution in [2.24, 2.45) is 33.4 Å². The summed E-state index contributed by atoms with van der Waals surface area (Å²) in [7, 11) is 0. The van der Waals surface area contributed by atoms with Crippen molar-refractivity contribution in [1.82, 2.24) is 4.90 Å². The smallest absolute Gasteiger partial charge is 0.156 e. The molecular weight excluding hydrogens is 246 g/mol. The van der Waals surface area contributed by atoms with Crippen LogP contribution in [0.5, 0.6) is 0 Å². The summed E-state index contributed by atoms with van der Waals surface area (Å²) >= 11 is 0. The van der Waals surface area contributed by atoms with Gasteiger partial charge in [-0.05, 0) is 68.4 Å². The van der Waals surface area contributed by atoms with Crippen LogP contribution in [0, 0.1) is 23.2 Å². The normalized spacial score (nSPS) is 47.6. The molecule has 4 aliphatic carbocycles. The van der Waals surface area contributed by atoms with Crippen LogP contribution in [0.3, 0.4) is 0 Å². The van der Waals surface area contributed by atoms with Crippen molar-refractivity contribution in [1.29, 1.82) is 0 Å². The molecule has 0 N–H and O–H groups in total. The fraction of sp³-hybridized carbons (Fsp3) is 0.647. The van der Waals surface area contributed by atoms with Crippen LogP contribution in [0.4, 0.5) is 0 Å². The minimum Gasteiger partial charge on any atom is -0.306 e. The van der Waals surface area contributed by atoms with E-state index in [9.17, 15) is 0 Å². The Morgan fingerprint density at radius 1 is 0.950 bits per heavy atom. The Hall–Kier alpha value is -1.38. The van der Waals surface area contributed by atoms with E-state index in [4.69, 9.17) is 5.11 Å². The maximum absolute atomic E-state index is 4.71. The second-order valence-corrected chi connectivity index (χ2v) is 7.53. The second-order valence-electron chi connectivity index (χ2n) is 7.53. The van der Waals surface area contributed by atoms with Gasteiger partial charge in [0.05, 0.1) is 0 Å². The molecule has 3 nitrogen and oxygen atoms in total. The number of rotatable bonds is 1. The lowest BCUT2D eigenvalue weighted by Crippen LogP contribution is -2.54. The van der Waals surface area contributed by atoms with E-state index in [-0.39, 0.29) is 6.17 Å². The monoisotopic (exact) mass is 267 g/mol. The van der Waals surface area contributed by atoms with Crippen molar-refractivity contribution in [2.45, 2.75) is 44.7 Å². The van der Waals surface area contributed by atoms with E-state index in [1.807, 2.05) is 0 Å². The molecule has 1 unspecified atom stereocenters. The third-order valence-electron chi connectivity index (χ3n) is 6.15. The lowest BCUT2D eigenvalue weighted by Gasteiger charge is -2.58. The van der Waals surface area contributed by atoms with Crippen LogP contribution >= 0.6 is 0 Å². The van der Waals surface area contributed by atoms with Gasteiger partial charge in [-0.3, -0.25) is 0 Å². The molecule has 2 heterocycles. The predicted molar refractivity (Wildman–Crippen MR) is 77.5 cm³/mol. The molecule has 6 aliphatic rings. The fourth-order valence-corrected chi connectivity index (χ4v) is 5.88. The summed E-state index contributed by atoms with van der Waals surface area (Å²) < 4.78 is 0. The Bertz CT molecular complexity index is 519. The van der Waals surface area contributed by atoms with Gasteiger partial charge in [-0.2, -0.15) is 5.11 Å². The van der Waals surface area contributed by atoms with Gasteiger partial charge in [-0.1, -0.05) is 12.2 Å².